The van der Waals surface area contributed by atoms with Gasteiger partial charge in [-0.3, -0.25) is 4.99 Å². The van der Waals surface area contributed by atoms with Crippen LogP contribution in [-0.2, 0) is 4.74 Å². The molecule has 0 amide bonds. The third kappa shape index (κ3) is 7.31. The number of guanidine groups is 1. The maximum Gasteiger partial charge on any atom is 0.191 e. The van der Waals surface area contributed by atoms with Crippen molar-refractivity contribution in [1.82, 2.24) is 15.5 Å². The molecule has 1 fully saturated rings. The average molecular weight is 384 g/mol. The van der Waals surface area contributed by atoms with E-state index >= 15 is 0 Å². The largest absolute Gasteiger partial charge is 0.383 e. The predicted molar refractivity (Wildman–Crippen MR) is 91.5 cm³/mol. The lowest BCUT2D eigenvalue weighted by molar-refractivity contribution is 0.167. The van der Waals surface area contributed by atoms with Gasteiger partial charge in [0.1, 0.15) is 0 Å². The highest BCUT2D eigenvalue weighted by molar-refractivity contribution is 14.0. The third-order valence-corrected chi connectivity index (χ3v) is 3.42. The number of hydrogen-bond donors (Lipinski definition) is 2. The smallest absolute Gasteiger partial charge is 0.191 e. The van der Waals surface area contributed by atoms with Crippen molar-refractivity contribution in [3.63, 3.8) is 0 Å². The zero-order chi connectivity index (χ0) is 13.4. The molecule has 0 aromatic rings. The van der Waals surface area contributed by atoms with Crippen LogP contribution >= 0.6 is 24.0 Å². The van der Waals surface area contributed by atoms with Gasteiger partial charge in [0, 0.05) is 45.9 Å². The SMILES string of the molecule is CN=C(NCCOC)NC1CCN(C(C)C)CC1.I. The minimum absolute atomic E-state index is 0. The van der Waals surface area contributed by atoms with Gasteiger partial charge in [0.25, 0.3) is 0 Å². The van der Waals surface area contributed by atoms with Gasteiger partial charge < -0.3 is 20.3 Å². The molecule has 1 saturated heterocycles. The summed E-state index contributed by atoms with van der Waals surface area (Å²) in [5.41, 5.74) is 0. The van der Waals surface area contributed by atoms with Gasteiger partial charge in [0.05, 0.1) is 6.61 Å². The predicted octanol–water partition coefficient (Wildman–Crippen LogP) is 1.29. The fourth-order valence-corrected chi connectivity index (χ4v) is 2.22. The summed E-state index contributed by atoms with van der Waals surface area (Å²) in [6, 6.07) is 1.19. The number of piperidine rings is 1. The van der Waals surface area contributed by atoms with Gasteiger partial charge in [-0.1, -0.05) is 0 Å². The lowest BCUT2D eigenvalue weighted by Crippen LogP contribution is -2.50. The highest BCUT2D eigenvalue weighted by Crippen LogP contribution is 2.12. The van der Waals surface area contributed by atoms with E-state index in [1.165, 1.54) is 25.9 Å². The Hall–Kier alpha value is -0.0800. The number of nitrogens with zero attached hydrogens (tertiary/aromatic N) is 2. The second-order valence-corrected chi connectivity index (χ2v) is 5.04. The number of halogens is 1. The van der Waals surface area contributed by atoms with Crippen LogP contribution in [-0.4, -0.2) is 63.3 Å². The first-order chi connectivity index (χ1) is 8.67. The van der Waals surface area contributed by atoms with Crippen molar-refractivity contribution in [3.05, 3.63) is 0 Å². The van der Waals surface area contributed by atoms with Crippen LogP contribution in [0.1, 0.15) is 26.7 Å². The van der Waals surface area contributed by atoms with E-state index in [-0.39, 0.29) is 24.0 Å². The molecule has 114 valence electrons. The van der Waals surface area contributed by atoms with E-state index in [0.717, 1.165) is 12.5 Å². The number of nitrogens with one attached hydrogen (secondary N) is 2. The molecule has 1 rings (SSSR count). The normalized spacial score (nSPS) is 18.3. The zero-order valence-electron chi connectivity index (χ0n) is 12.6. The topological polar surface area (TPSA) is 48.9 Å². The molecule has 2 N–H and O–H groups in total. The van der Waals surface area contributed by atoms with Crippen LogP contribution in [0.25, 0.3) is 0 Å². The lowest BCUT2D eigenvalue weighted by atomic mass is 10.0. The average Bonchev–Trinajstić information content (AvgIpc) is 2.38. The van der Waals surface area contributed by atoms with E-state index in [1.807, 2.05) is 7.05 Å². The van der Waals surface area contributed by atoms with Crippen LogP contribution < -0.4 is 10.6 Å². The van der Waals surface area contributed by atoms with Crippen LogP contribution in [0.15, 0.2) is 4.99 Å². The first-order valence-corrected chi connectivity index (χ1v) is 6.87. The summed E-state index contributed by atoms with van der Waals surface area (Å²) < 4.78 is 5.02. The summed E-state index contributed by atoms with van der Waals surface area (Å²) in [5, 5.41) is 6.73. The molecule has 19 heavy (non-hydrogen) atoms. The molecule has 0 aromatic carbocycles. The highest BCUT2D eigenvalue weighted by atomic mass is 127. The van der Waals surface area contributed by atoms with E-state index in [2.05, 4.69) is 34.4 Å². The van der Waals surface area contributed by atoms with Crippen molar-refractivity contribution >= 4 is 29.9 Å². The fraction of sp³-hybridized carbons (Fsp3) is 0.923. The lowest BCUT2D eigenvalue weighted by Gasteiger charge is -2.35. The molecule has 0 aromatic heterocycles. The van der Waals surface area contributed by atoms with E-state index in [9.17, 15) is 0 Å². The van der Waals surface area contributed by atoms with Crippen LogP contribution in [0.2, 0.25) is 0 Å². The van der Waals surface area contributed by atoms with Gasteiger partial charge in [0.2, 0.25) is 0 Å². The summed E-state index contributed by atoms with van der Waals surface area (Å²) in [5.74, 6) is 0.884. The number of rotatable bonds is 5. The molecule has 1 aliphatic rings. The van der Waals surface area contributed by atoms with Crippen LogP contribution in [0.3, 0.4) is 0 Å². The molecule has 0 spiro atoms. The molecule has 1 aliphatic heterocycles. The Bertz CT molecular complexity index is 253. The summed E-state index contributed by atoms with van der Waals surface area (Å²) in [7, 11) is 3.52. The van der Waals surface area contributed by atoms with Gasteiger partial charge in [0.15, 0.2) is 5.96 Å². The monoisotopic (exact) mass is 384 g/mol. The molecule has 0 saturated carbocycles. The number of ether oxygens (including phenoxy) is 1. The number of methoxy groups -OCH3 is 1. The van der Waals surface area contributed by atoms with Crippen molar-refractivity contribution in [1.29, 1.82) is 0 Å². The van der Waals surface area contributed by atoms with Crippen LogP contribution in [0.4, 0.5) is 0 Å². The summed E-state index contributed by atoms with van der Waals surface area (Å²) >= 11 is 0. The second kappa shape index (κ2) is 10.7. The fourth-order valence-electron chi connectivity index (χ4n) is 2.22. The molecule has 0 atom stereocenters. The molecular formula is C13H29IN4O. The van der Waals surface area contributed by atoms with Crippen LogP contribution in [0.5, 0.6) is 0 Å². The first kappa shape index (κ1) is 18.9. The molecule has 0 radical (unpaired) electrons. The molecular weight excluding hydrogens is 355 g/mol. The van der Waals surface area contributed by atoms with Gasteiger partial charge in [-0.2, -0.15) is 0 Å². The maximum atomic E-state index is 5.02. The van der Waals surface area contributed by atoms with E-state index in [4.69, 9.17) is 4.74 Å². The van der Waals surface area contributed by atoms with Crippen molar-refractivity contribution in [2.45, 2.75) is 38.8 Å². The molecule has 0 aliphatic carbocycles. The molecule has 5 nitrogen and oxygen atoms in total. The molecule has 0 unspecified atom stereocenters. The third-order valence-electron chi connectivity index (χ3n) is 3.42. The minimum Gasteiger partial charge on any atom is -0.383 e. The van der Waals surface area contributed by atoms with Gasteiger partial charge in [-0.15, -0.1) is 24.0 Å². The Kier molecular flexibility index (Phi) is 10.6. The Morgan fingerprint density at radius 2 is 2.00 bits per heavy atom. The van der Waals surface area contributed by atoms with Crippen molar-refractivity contribution in [3.8, 4) is 0 Å². The number of hydrogen-bond acceptors (Lipinski definition) is 3. The van der Waals surface area contributed by atoms with Crippen molar-refractivity contribution in [2.24, 2.45) is 4.99 Å². The van der Waals surface area contributed by atoms with Crippen molar-refractivity contribution < 1.29 is 4.74 Å². The van der Waals surface area contributed by atoms with E-state index in [1.54, 1.807) is 7.11 Å². The Balaban J connectivity index is 0.00000324. The summed E-state index contributed by atoms with van der Waals surface area (Å²) in [4.78, 5) is 6.76. The van der Waals surface area contributed by atoms with Gasteiger partial charge in [-0.25, -0.2) is 0 Å². The summed E-state index contributed by atoms with van der Waals surface area (Å²) in [6.07, 6.45) is 2.37. The highest BCUT2D eigenvalue weighted by Gasteiger charge is 2.21. The van der Waals surface area contributed by atoms with Crippen LogP contribution in [0, 0.1) is 0 Å². The van der Waals surface area contributed by atoms with Gasteiger partial charge >= 0.3 is 0 Å². The Labute approximate surface area is 134 Å². The van der Waals surface area contributed by atoms with E-state index in [0.29, 0.717) is 18.7 Å². The summed E-state index contributed by atoms with van der Waals surface area (Å²) in [6.45, 7) is 8.36. The zero-order valence-corrected chi connectivity index (χ0v) is 14.9. The standard InChI is InChI=1S/C13H28N4O.HI/c1-11(2)17-8-5-12(6-9-17)16-13(14-3)15-7-10-18-4;/h11-12H,5-10H2,1-4H3,(H2,14,15,16);1H. The first-order valence-electron chi connectivity index (χ1n) is 6.87. The van der Waals surface area contributed by atoms with Gasteiger partial charge in [-0.05, 0) is 26.7 Å². The second-order valence-electron chi connectivity index (χ2n) is 5.04. The molecule has 1 heterocycles. The maximum absolute atomic E-state index is 5.02. The Morgan fingerprint density at radius 3 is 2.47 bits per heavy atom. The quantitative estimate of drug-likeness (QED) is 0.325. The Morgan fingerprint density at radius 1 is 1.37 bits per heavy atom. The number of likely N-dealkylation sites (tertiary alicyclic amines) is 1. The molecule has 0 bridgehead atoms. The number of aliphatic imine (C=N–C) groups is 1. The molecule has 6 heteroatoms. The van der Waals surface area contributed by atoms with Crippen molar-refractivity contribution in [2.75, 3.05) is 40.4 Å². The van der Waals surface area contributed by atoms with E-state index < -0.39 is 0 Å². The minimum atomic E-state index is 0.